The van der Waals surface area contributed by atoms with Crippen LogP contribution in [0, 0.1) is 23.5 Å². The van der Waals surface area contributed by atoms with E-state index in [9.17, 15) is 17.6 Å². The van der Waals surface area contributed by atoms with Gasteiger partial charge in [0.2, 0.25) is 0 Å². The van der Waals surface area contributed by atoms with Crippen molar-refractivity contribution >= 4 is 23.4 Å². The Hall–Kier alpha value is -1.27. The summed E-state index contributed by atoms with van der Waals surface area (Å²) in [5.41, 5.74) is 0. The molecule has 0 fully saturated rings. The Balaban J connectivity index is 2.50. The molecule has 1 nitrogen and oxygen atoms in total. The fourth-order valence-corrected chi connectivity index (χ4v) is 2.33. The smallest absolute Gasteiger partial charge is 0.201 e. The second-order valence-electron chi connectivity index (χ2n) is 3.18. The predicted octanol–water partition coefficient (Wildman–Crippen LogP) is 4.44. The van der Waals surface area contributed by atoms with Gasteiger partial charge < -0.3 is 0 Å². The minimum Gasteiger partial charge on any atom is -0.201 e. The third-order valence-electron chi connectivity index (χ3n) is 2.01. The zero-order valence-electron chi connectivity index (χ0n) is 8.55. The number of hydrogen-bond acceptors (Lipinski definition) is 2. The van der Waals surface area contributed by atoms with Crippen molar-refractivity contribution in [2.24, 2.45) is 0 Å². The van der Waals surface area contributed by atoms with E-state index in [4.69, 9.17) is 11.6 Å². The molecular formula is C11H4ClF4NS. The lowest BCUT2D eigenvalue weighted by molar-refractivity contribution is 0.383. The standard InChI is InChI=1S/C11H4ClF4NS/c12-5-3-1-2-4-6(5)18-9-7(13)10(15)17-11(16)8(9)14/h1-4H. The van der Waals surface area contributed by atoms with E-state index in [1.807, 2.05) is 0 Å². The molecule has 0 saturated carbocycles. The average Bonchev–Trinajstić information content (AvgIpc) is 2.34. The highest BCUT2D eigenvalue weighted by molar-refractivity contribution is 7.99. The summed E-state index contributed by atoms with van der Waals surface area (Å²) in [6, 6.07) is 6.17. The van der Waals surface area contributed by atoms with Gasteiger partial charge in [-0.3, -0.25) is 0 Å². The first-order chi connectivity index (χ1) is 8.50. The Morgan fingerprint density at radius 2 is 1.50 bits per heavy atom. The minimum absolute atomic E-state index is 0.221. The highest BCUT2D eigenvalue weighted by atomic mass is 35.5. The largest absolute Gasteiger partial charge is 0.252 e. The molecule has 18 heavy (non-hydrogen) atoms. The van der Waals surface area contributed by atoms with Crippen molar-refractivity contribution in [2.75, 3.05) is 0 Å². The molecule has 94 valence electrons. The van der Waals surface area contributed by atoms with Crippen LogP contribution in [-0.4, -0.2) is 4.98 Å². The molecule has 0 N–H and O–H groups in total. The second-order valence-corrected chi connectivity index (χ2v) is 4.64. The van der Waals surface area contributed by atoms with Gasteiger partial charge in [0.15, 0.2) is 11.6 Å². The Morgan fingerprint density at radius 1 is 0.944 bits per heavy atom. The number of rotatable bonds is 2. The van der Waals surface area contributed by atoms with Gasteiger partial charge in [-0.05, 0) is 12.1 Å². The molecule has 0 saturated heterocycles. The molecular weight excluding hydrogens is 290 g/mol. The Labute approximate surface area is 109 Å². The number of halogens is 5. The maximum Gasteiger partial charge on any atom is 0.252 e. The van der Waals surface area contributed by atoms with Crippen molar-refractivity contribution in [3.63, 3.8) is 0 Å². The third kappa shape index (κ3) is 2.44. The van der Waals surface area contributed by atoms with Gasteiger partial charge in [-0.25, -0.2) is 8.78 Å². The third-order valence-corrected chi connectivity index (χ3v) is 3.59. The lowest BCUT2D eigenvalue weighted by Gasteiger charge is -2.06. The summed E-state index contributed by atoms with van der Waals surface area (Å²) in [5, 5.41) is 0.221. The van der Waals surface area contributed by atoms with Gasteiger partial charge in [0.1, 0.15) is 0 Å². The normalized spacial score (nSPS) is 10.7. The Bertz CT molecular complexity index is 580. The topological polar surface area (TPSA) is 12.9 Å². The zero-order chi connectivity index (χ0) is 13.3. The van der Waals surface area contributed by atoms with Crippen LogP contribution in [0.1, 0.15) is 0 Å². The van der Waals surface area contributed by atoms with E-state index in [1.54, 1.807) is 12.1 Å². The van der Waals surface area contributed by atoms with Gasteiger partial charge in [0.25, 0.3) is 11.9 Å². The first kappa shape index (κ1) is 13.2. The molecule has 0 unspecified atom stereocenters. The molecule has 0 spiro atoms. The summed E-state index contributed by atoms with van der Waals surface area (Å²) in [6.45, 7) is 0. The number of hydrogen-bond donors (Lipinski definition) is 0. The quantitative estimate of drug-likeness (QED) is 0.599. The maximum absolute atomic E-state index is 13.4. The number of aromatic nitrogens is 1. The van der Waals surface area contributed by atoms with E-state index in [2.05, 4.69) is 4.98 Å². The van der Waals surface area contributed by atoms with Crippen molar-refractivity contribution in [3.05, 3.63) is 52.8 Å². The SMILES string of the molecule is Fc1nc(F)c(F)c(Sc2ccccc2Cl)c1F. The fourth-order valence-electron chi connectivity index (χ4n) is 1.20. The first-order valence-corrected chi connectivity index (χ1v) is 5.82. The highest BCUT2D eigenvalue weighted by Crippen LogP contribution is 2.36. The van der Waals surface area contributed by atoms with Crippen LogP contribution in [0.4, 0.5) is 17.6 Å². The van der Waals surface area contributed by atoms with Crippen LogP contribution in [0.5, 0.6) is 0 Å². The summed E-state index contributed by atoms with van der Waals surface area (Å²) in [6.07, 6.45) is 0. The minimum atomic E-state index is -1.69. The molecule has 2 aromatic rings. The van der Waals surface area contributed by atoms with Crippen LogP contribution in [0.25, 0.3) is 0 Å². The van der Waals surface area contributed by atoms with Crippen molar-refractivity contribution in [1.82, 2.24) is 4.98 Å². The van der Waals surface area contributed by atoms with E-state index in [1.165, 1.54) is 12.1 Å². The van der Waals surface area contributed by atoms with E-state index < -0.39 is 28.4 Å². The fraction of sp³-hybridized carbons (Fsp3) is 0. The van der Waals surface area contributed by atoms with Gasteiger partial charge in [0, 0.05) is 4.90 Å². The molecule has 0 aliphatic rings. The number of nitrogens with zero attached hydrogens (tertiary/aromatic N) is 1. The van der Waals surface area contributed by atoms with Crippen LogP contribution in [0.15, 0.2) is 34.1 Å². The number of pyridine rings is 1. The summed E-state index contributed by atoms with van der Waals surface area (Å²) < 4.78 is 52.5. The summed E-state index contributed by atoms with van der Waals surface area (Å²) in [5.74, 6) is -6.47. The van der Waals surface area contributed by atoms with Gasteiger partial charge in [-0.1, -0.05) is 35.5 Å². The molecule has 1 heterocycles. The molecule has 0 aliphatic carbocycles. The zero-order valence-corrected chi connectivity index (χ0v) is 10.1. The lowest BCUT2D eigenvalue weighted by atomic mass is 10.4. The molecule has 0 atom stereocenters. The van der Waals surface area contributed by atoms with E-state index in [0.717, 1.165) is 0 Å². The average molecular weight is 294 g/mol. The molecule has 7 heteroatoms. The molecule has 2 rings (SSSR count). The van der Waals surface area contributed by atoms with Gasteiger partial charge in [-0.15, -0.1) is 0 Å². The first-order valence-electron chi connectivity index (χ1n) is 4.63. The van der Waals surface area contributed by atoms with Gasteiger partial charge in [0.05, 0.1) is 9.92 Å². The lowest BCUT2D eigenvalue weighted by Crippen LogP contribution is -2.01. The molecule has 1 aromatic carbocycles. The molecule has 0 radical (unpaired) electrons. The van der Waals surface area contributed by atoms with Crippen LogP contribution >= 0.6 is 23.4 Å². The molecule has 1 aromatic heterocycles. The highest BCUT2D eigenvalue weighted by Gasteiger charge is 2.22. The van der Waals surface area contributed by atoms with Gasteiger partial charge >= 0.3 is 0 Å². The van der Waals surface area contributed by atoms with Crippen LogP contribution in [-0.2, 0) is 0 Å². The van der Waals surface area contributed by atoms with E-state index >= 15 is 0 Å². The Morgan fingerprint density at radius 3 is 2.06 bits per heavy atom. The summed E-state index contributed by atoms with van der Waals surface area (Å²) in [4.78, 5) is 1.94. The summed E-state index contributed by atoms with van der Waals surface area (Å²) in [7, 11) is 0. The number of benzene rings is 1. The monoisotopic (exact) mass is 293 g/mol. The van der Waals surface area contributed by atoms with Crippen LogP contribution in [0.2, 0.25) is 5.02 Å². The van der Waals surface area contributed by atoms with Crippen molar-refractivity contribution in [2.45, 2.75) is 9.79 Å². The van der Waals surface area contributed by atoms with Gasteiger partial charge in [-0.2, -0.15) is 13.8 Å². The van der Waals surface area contributed by atoms with E-state index in [-0.39, 0.29) is 9.92 Å². The molecule has 0 amide bonds. The molecule has 0 aliphatic heterocycles. The van der Waals surface area contributed by atoms with Crippen molar-refractivity contribution < 1.29 is 17.6 Å². The van der Waals surface area contributed by atoms with Crippen LogP contribution < -0.4 is 0 Å². The van der Waals surface area contributed by atoms with Crippen molar-refractivity contribution in [1.29, 1.82) is 0 Å². The van der Waals surface area contributed by atoms with E-state index in [0.29, 0.717) is 11.8 Å². The predicted molar refractivity (Wildman–Crippen MR) is 59.6 cm³/mol. The maximum atomic E-state index is 13.4. The Kier molecular flexibility index (Phi) is 3.77. The van der Waals surface area contributed by atoms with Crippen LogP contribution in [0.3, 0.4) is 0 Å². The second kappa shape index (κ2) is 5.16. The molecule has 0 bridgehead atoms. The van der Waals surface area contributed by atoms with Crippen molar-refractivity contribution in [3.8, 4) is 0 Å². The summed E-state index contributed by atoms with van der Waals surface area (Å²) >= 11 is 6.28.